The first-order chi connectivity index (χ1) is 11.9. The van der Waals surface area contributed by atoms with Crippen molar-refractivity contribution in [1.82, 2.24) is 10.2 Å². The number of carbonyl (C=O) groups excluding carboxylic acids is 1. The van der Waals surface area contributed by atoms with Crippen LogP contribution in [0.2, 0.25) is 0 Å². The van der Waals surface area contributed by atoms with Gasteiger partial charge in [0.2, 0.25) is 5.79 Å². The number of amides is 1. The second kappa shape index (κ2) is 7.67. The molecule has 2 rings (SSSR count). The smallest absolute Gasteiger partial charge is 0.410 e. The van der Waals surface area contributed by atoms with E-state index >= 15 is 0 Å². The highest BCUT2D eigenvalue weighted by Gasteiger charge is 2.42. The minimum Gasteiger partial charge on any atom is -0.457 e. The molecule has 6 heteroatoms. The molecule has 0 unspecified atom stereocenters. The van der Waals surface area contributed by atoms with Crippen molar-refractivity contribution < 1.29 is 19.0 Å². The minimum atomic E-state index is -0.544. The summed E-state index contributed by atoms with van der Waals surface area (Å²) in [6, 6.07) is 0. The Hall–Kier alpha value is -1.43. The number of ether oxygens (including phenoxy) is 3. The molecular formula is C20H36N2O4. The van der Waals surface area contributed by atoms with Crippen molar-refractivity contribution in [2.45, 2.75) is 84.7 Å². The van der Waals surface area contributed by atoms with Crippen LogP contribution in [0, 0.1) is 5.92 Å². The SMILES string of the molecule is CC(C)(C)OC(=O)N1C[C@@H](CCCNCC2=COC(C)(C)O2)CC1(C)C. The van der Waals surface area contributed by atoms with Crippen molar-refractivity contribution in [2.75, 3.05) is 19.6 Å². The minimum absolute atomic E-state index is 0.147. The first-order valence-electron chi connectivity index (χ1n) is 9.65. The monoisotopic (exact) mass is 368 g/mol. The summed E-state index contributed by atoms with van der Waals surface area (Å²) in [5, 5.41) is 3.40. The van der Waals surface area contributed by atoms with E-state index in [9.17, 15) is 4.79 Å². The fourth-order valence-electron chi connectivity index (χ4n) is 3.60. The van der Waals surface area contributed by atoms with Crippen LogP contribution in [0.25, 0.3) is 0 Å². The molecule has 0 bridgehead atoms. The predicted octanol–water partition coefficient (Wildman–Crippen LogP) is 4.02. The summed E-state index contributed by atoms with van der Waals surface area (Å²) in [7, 11) is 0. The Kier molecular flexibility index (Phi) is 6.16. The number of carbonyl (C=O) groups is 1. The summed E-state index contributed by atoms with van der Waals surface area (Å²) in [6.45, 7) is 16.2. The van der Waals surface area contributed by atoms with E-state index in [2.05, 4.69) is 19.2 Å². The number of nitrogens with one attached hydrogen (secondary N) is 1. The van der Waals surface area contributed by atoms with E-state index in [0.29, 0.717) is 12.5 Å². The Labute approximate surface area is 158 Å². The molecule has 150 valence electrons. The summed E-state index contributed by atoms with van der Waals surface area (Å²) >= 11 is 0. The normalized spacial score (nSPS) is 24.0. The third kappa shape index (κ3) is 6.08. The van der Waals surface area contributed by atoms with E-state index in [1.807, 2.05) is 39.5 Å². The average Bonchev–Trinajstić information content (AvgIpc) is 2.95. The van der Waals surface area contributed by atoms with E-state index in [1.165, 1.54) is 0 Å². The maximum Gasteiger partial charge on any atom is 0.410 e. The molecule has 0 aromatic carbocycles. The Morgan fingerprint density at radius 3 is 2.62 bits per heavy atom. The number of rotatable bonds is 6. The third-order valence-corrected chi connectivity index (χ3v) is 4.69. The molecule has 0 spiro atoms. The molecule has 1 saturated heterocycles. The highest BCUT2D eigenvalue weighted by molar-refractivity contribution is 5.69. The summed E-state index contributed by atoms with van der Waals surface area (Å²) in [4.78, 5) is 14.4. The molecule has 1 atom stereocenters. The molecule has 6 nitrogen and oxygen atoms in total. The molecular weight excluding hydrogens is 332 g/mol. The van der Waals surface area contributed by atoms with Gasteiger partial charge in [-0.2, -0.15) is 0 Å². The second-order valence-electron chi connectivity index (χ2n) is 9.50. The molecule has 26 heavy (non-hydrogen) atoms. The number of hydrogen-bond donors (Lipinski definition) is 1. The molecule has 2 heterocycles. The van der Waals surface area contributed by atoms with Gasteiger partial charge in [0.05, 0.1) is 6.54 Å². The zero-order valence-corrected chi connectivity index (χ0v) is 17.5. The van der Waals surface area contributed by atoms with Gasteiger partial charge in [0.25, 0.3) is 0 Å². The first kappa shape index (κ1) is 20.9. The van der Waals surface area contributed by atoms with E-state index in [1.54, 1.807) is 6.26 Å². The first-order valence-corrected chi connectivity index (χ1v) is 9.65. The molecule has 0 radical (unpaired) electrons. The topological polar surface area (TPSA) is 60.0 Å². The van der Waals surface area contributed by atoms with Gasteiger partial charge in [-0.3, -0.25) is 0 Å². The Bertz CT molecular complexity index is 534. The molecule has 0 aromatic heterocycles. The van der Waals surface area contributed by atoms with Crippen molar-refractivity contribution in [1.29, 1.82) is 0 Å². The van der Waals surface area contributed by atoms with E-state index < -0.39 is 11.4 Å². The van der Waals surface area contributed by atoms with Gasteiger partial charge in [-0.15, -0.1) is 0 Å². The predicted molar refractivity (Wildman–Crippen MR) is 102 cm³/mol. The van der Waals surface area contributed by atoms with Crippen LogP contribution < -0.4 is 5.32 Å². The second-order valence-corrected chi connectivity index (χ2v) is 9.50. The largest absolute Gasteiger partial charge is 0.457 e. The molecule has 0 aliphatic carbocycles. The van der Waals surface area contributed by atoms with Crippen molar-refractivity contribution in [3.8, 4) is 0 Å². The lowest BCUT2D eigenvalue weighted by atomic mass is 9.93. The van der Waals surface area contributed by atoms with Crippen LogP contribution in [0.1, 0.15) is 67.7 Å². The Morgan fingerprint density at radius 1 is 1.35 bits per heavy atom. The van der Waals surface area contributed by atoms with Crippen molar-refractivity contribution >= 4 is 6.09 Å². The van der Waals surface area contributed by atoms with Gasteiger partial charge in [-0.1, -0.05) is 0 Å². The van der Waals surface area contributed by atoms with Gasteiger partial charge < -0.3 is 24.4 Å². The van der Waals surface area contributed by atoms with Crippen molar-refractivity contribution in [3.05, 3.63) is 12.0 Å². The van der Waals surface area contributed by atoms with Crippen molar-refractivity contribution in [3.63, 3.8) is 0 Å². The van der Waals surface area contributed by atoms with Crippen molar-refractivity contribution in [2.24, 2.45) is 5.92 Å². The van der Waals surface area contributed by atoms with Crippen LogP contribution in [0.15, 0.2) is 12.0 Å². The highest BCUT2D eigenvalue weighted by atomic mass is 16.7. The molecule has 1 amide bonds. The number of likely N-dealkylation sites (tertiary alicyclic amines) is 1. The van der Waals surface area contributed by atoms with Crippen LogP contribution in [-0.4, -0.2) is 47.6 Å². The summed E-state index contributed by atoms with van der Waals surface area (Å²) in [5.41, 5.74) is -0.601. The Balaban J connectivity index is 1.68. The quantitative estimate of drug-likeness (QED) is 0.718. The summed E-state index contributed by atoms with van der Waals surface area (Å²) in [5.74, 6) is 0.814. The maximum atomic E-state index is 12.5. The van der Waals surface area contributed by atoms with E-state index in [-0.39, 0.29) is 11.6 Å². The van der Waals surface area contributed by atoms with Gasteiger partial charge in [0.15, 0.2) is 0 Å². The lowest BCUT2D eigenvalue weighted by molar-refractivity contribution is -0.116. The number of hydrogen-bond acceptors (Lipinski definition) is 5. The third-order valence-electron chi connectivity index (χ3n) is 4.69. The standard InChI is InChI=1S/C20H36N2O4/c1-18(2,3)26-17(23)22-13-15(11-19(22,4)5)9-8-10-21-12-16-14-24-20(6,7)25-16/h14-15,21H,8-13H2,1-7H3/t15-/m0/s1. The van der Waals surface area contributed by atoms with E-state index in [0.717, 1.165) is 38.1 Å². The van der Waals surface area contributed by atoms with Crippen LogP contribution >= 0.6 is 0 Å². The van der Waals surface area contributed by atoms with Crippen LogP contribution in [0.3, 0.4) is 0 Å². The molecule has 0 saturated carbocycles. The molecule has 0 aromatic rings. The summed E-state index contributed by atoms with van der Waals surface area (Å²) in [6.07, 6.45) is 4.67. The van der Waals surface area contributed by atoms with Crippen LogP contribution in [0.4, 0.5) is 4.79 Å². The average molecular weight is 369 g/mol. The maximum absolute atomic E-state index is 12.5. The molecule has 2 aliphatic heterocycles. The molecule has 2 aliphatic rings. The van der Waals surface area contributed by atoms with Gasteiger partial charge in [0, 0.05) is 25.9 Å². The zero-order chi connectivity index (χ0) is 19.6. The lowest BCUT2D eigenvalue weighted by Crippen LogP contribution is -2.45. The van der Waals surface area contributed by atoms with Gasteiger partial charge >= 0.3 is 6.09 Å². The highest BCUT2D eigenvalue weighted by Crippen LogP contribution is 2.36. The van der Waals surface area contributed by atoms with Crippen LogP contribution in [-0.2, 0) is 14.2 Å². The molecule has 1 N–H and O–H groups in total. The Morgan fingerprint density at radius 2 is 2.04 bits per heavy atom. The fourth-order valence-corrected chi connectivity index (χ4v) is 3.60. The summed E-state index contributed by atoms with van der Waals surface area (Å²) < 4.78 is 16.6. The zero-order valence-electron chi connectivity index (χ0n) is 17.5. The fraction of sp³-hybridized carbons (Fsp3) is 0.850. The van der Waals surface area contributed by atoms with Gasteiger partial charge in [-0.05, 0) is 66.3 Å². The van der Waals surface area contributed by atoms with Crippen LogP contribution in [0.5, 0.6) is 0 Å². The van der Waals surface area contributed by atoms with E-state index in [4.69, 9.17) is 14.2 Å². The molecule has 1 fully saturated rings. The number of nitrogens with zero attached hydrogens (tertiary/aromatic N) is 1. The lowest BCUT2D eigenvalue weighted by Gasteiger charge is -2.33. The van der Waals surface area contributed by atoms with Gasteiger partial charge in [-0.25, -0.2) is 4.79 Å². The van der Waals surface area contributed by atoms with Gasteiger partial charge in [0.1, 0.15) is 17.6 Å².